The minimum atomic E-state index is -0.725. The number of carbonyl (C=O) groups is 1. The number of hydrogen-bond acceptors (Lipinski definition) is 7. The van der Waals surface area contributed by atoms with Crippen LogP contribution in [0.2, 0.25) is 0 Å². The number of H-pyrrole nitrogens is 1. The number of anilines is 1. The molecule has 0 spiro atoms. The molecule has 0 aliphatic carbocycles. The third-order valence-electron chi connectivity index (χ3n) is 4.11. The summed E-state index contributed by atoms with van der Waals surface area (Å²) in [6, 6.07) is 3.00. The molecule has 1 aromatic carbocycles. The Kier molecular flexibility index (Phi) is 5.08. The molecule has 0 saturated carbocycles. The molecule has 1 aliphatic heterocycles. The standard InChI is InChI=1S/C17H19N3O5S/c1-3-6-26-17-19-15-12(16(24)20-17)9(7-11(21)18-15)8-4-5-10(25-2)14(23)13(8)22/h4-5,9,22-23H,3,6-7H2,1-2H3,(H2,18,19,20,21,24). The normalized spacial score (nSPS) is 16.1. The van der Waals surface area contributed by atoms with Gasteiger partial charge in [0.05, 0.1) is 12.7 Å². The number of nitrogens with zero attached hydrogens (tertiary/aromatic N) is 1. The van der Waals surface area contributed by atoms with Crippen molar-refractivity contribution in [3.05, 3.63) is 33.6 Å². The highest BCUT2D eigenvalue weighted by molar-refractivity contribution is 7.99. The number of aromatic amines is 1. The molecule has 0 fully saturated rings. The summed E-state index contributed by atoms with van der Waals surface area (Å²) in [5.41, 5.74) is 0.138. The van der Waals surface area contributed by atoms with E-state index in [-0.39, 0.29) is 40.6 Å². The van der Waals surface area contributed by atoms with Crippen LogP contribution in [0.15, 0.2) is 22.1 Å². The van der Waals surface area contributed by atoms with Crippen molar-refractivity contribution in [2.24, 2.45) is 0 Å². The van der Waals surface area contributed by atoms with Crippen LogP contribution >= 0.6 is 11.8 Å². The van der Waals surface area contributed by atoms with E-state index in [0.29, 0.717) is 5.16 Å². The Labute approximate surface area is 153 Å². The number of thioether (sulfide) groups is 1. The van der Waals surface area contributed by atoms with E-state index in [4.69, 9.17) is 4.74 Å². The van der Waals surface area contributed by atoms with Gasteiger partial charge in [-0.1, -0.05) is 24.8 Å². The van der Waals surface area contributed by atoms with Gasteiger partial charge in [0.1, 0.15) is 5.82 Å². The summed E-state index contributed by atoms with van der Waals surface area (Å²) >= 11 is 1.39. The number of amides is 1. The smallest absolute Gasteiger partial charge is 0.257 e. The maximum absolute atomic E-state index is 12.6. The predicted octanol–water partition coefficient (Wildman–Crippen LogP) is 2.17. The molecule has 2 aromatic rings. The minimum Gasteiger partial charge on any atom is -0.504 e. The zero-order chi connectivity index (χ0) is 18.8. The Hall–Kier alpha value is -2.68. The topological polar surface area (TPSA) is 125 Å². The van der Waals surface area contributed by atoms with Crippen LogP contribution < -0.4 is 15.6 Å². The molecule has 4 N–H and O–H groups in total. The van der Waals surface area contributed by atoms with Crippen LogP contribution in [-0.4, -0.2) is 39.0 Å². The lowest BCUT2D eigenvalue weighted by molar-refractivity contribution is -0.116. The quantitative estimate of drug-likeness (QED) is 0.357. The molecule has 3 rings (SSSR count). The lowest BCUT2D eigenvalue weighted by Gasteiger charge is -2.25. The Morgan fingerprint density at radius 1 is 1.31 bits per heavy atom. The van der Waals surface area contributed by atoms with Crippen molar-refractivity contribution < 1.29 is 19.7 Å². The fraction of sp³-hybridized carbons (Fsp3) is 0.353. The number of phenols is 2. The van der Waals surface area contributed by atoms with Crippen LogP contribution in [0.4, 0.5) is 5.82 Å². The van der Waals surface area contributed by atoms with Gasteiger partial charge in [-0.3, -0.25) is 9.59 Å². The van der Waals surface area contributed by atoms with Crippen molar-refractivity contribution in [1.29, 1.82) is 0 Å². The van der Waals surface area contributed by atoms with Gasteiger partial charge in [-0.2, -0.15) is 0 Å². The van der Waals surface area contributed by atoms with E-state index in [1.165, 1.54) is 31.0 Å². The number of nitrogens with one attached hydrogen (secondary N) is 2. The highest BCUT2D eigenvalue weighted by Crippen LogP contribution is 2.45. The molecule has 0 bridgehead atoms. The van der Waals surface area contributed by atoms with E-state index in [1.54, 1.807) is 0 Å². The Morgan fingerprint density at radius 2 is 2.08 bits per heavy atom. The number of carbonyl (C=O) groups excluding carboxylic acids is 1. The monoisotopic (exact) mass is 377 g/mol. The highest BCUT2D eigenvalue weighted by atomic mass is 32.2. The number of aromatic nitrogens is 2. The highest BCUT2D eigenvalue weighted by Gasteiger charge is 2.33. The fourth-order valence-corrected chi connectivity index (χ4v) is 3.62. The molecule has 1 amide bonds. The SMILES string of the molecule is CCCSc1nc2c(c(=O)[nH]1)C(c1ccc(OC)c(O)c1O)CC(=O)N2. The average Bonchev–Trinajstić information content (AvgIpc) is 2.61. The largest absolute Gasteiger partial charge is 0.504 e. The number of rotatable bonds is 5. The summed E-state index contributed by atoms with van der Waals surface area (Å²) in [4.78, 5) is 31.8. The van der Waals surface area contributed by atoms with Gasteiger partial charge < -0.3 is 25.3 Å². The van der Waals surface area contributed by atoms with Crippen LogP contribution in [0, 0.1) is 0 Å². The maximum Gasteiger partial charge on any atom is 0.257 e. The number of hydrogen-bond donors (Lipinski definition) is 4. The zero-order valence-electron chi connectivity index (χ0n) is 14.3. The van der Waals surface area contributed by atoms with E-state index in [1.807, 2.05) is 6.92 Å². The van der Waals surface area contributed by atoms with E-state index < -0.39 is 17.4 Å². The Bertz CT molecular complexity index is 912. The zero-order valence-corrected chi connectivity index (χ0v) is 15.1. The molecule has 1 atom stereocenters. The molecule has 0 radical (unpaired) electrons. The first kappa shape index (κ1) is 18.1. The number of ether oxygens (including phenoxy) is 1. The van der Waals surface area contributed by atoms with Gasteiger partial charge in [-0.25, -0.2) is 4.98 Å². The van der Waals surface area contributed by atoms with Gasteiger partial charge in [-0.15, -0.1) is 0 Å². The lowest BCUT2D eigenvalue weighted by atomic mass is 9.86. The van der Waals surface area contributed by atoms with Crippen LogP contribution in [0.5, 0.6) is 17.2 Å². The first-order valence-electron chi connectivity index (χ1n) is 8.11. The van der Waals surface area contributed by atoms with Gasteiger partial charge in [0.15, 0.2) is 16.7 Å². The minimum absolute atomic E-state index is 0.0431. The van der Waals surface area contributed by atoms with Gasteiger partial charge in [0.25, 0.3) is 5.56 Å². The second kappa shape index (κ2) is 7.28. The van der Waals surface area contributed by atoms with Crippen molar-refractivity contribution in [1.82, 2.24) is 9.97 Å². The molecule has 1 aromatic heterocycles. The van der Waals surface area contributed by atoms with E-state index in [2.05, 4.69) is 15.3 Å². The molecule has 8 nitrogen and oxygen atoms in total. The molecule has 0 saturated heterocycles. The van der Waals surface area contributed by atoms with Crippen molar-refractivity contribution in [3.8, 4) is 17.2 Å². The summed E-state index contributed by atoms with van der Waals surface area (Å²) in [5, 5.41) is 23.4. The molecule has 2 heterocycles. The molecule has 26 heavy (non-hydrogen) atoms. The summed E-state index contributed by atoms with van der Waals surface area (Å²) < 4.78 is 4.96. The number of phenolic OH excluding ortho intramolecular Hbond substituents is 2. The molecular weight excluding hydrogens is 358 g/mol. The van der Waals surface area contributed by atoms with Crippen LogP contribution in [0.3, 0.4) is 0 Å². The summed E-state index contributed by atoms with van der Waals surface area (Å²) in [7, 11) is 1.36. The molecule has 9 heteroatoms. The van der Waals surface area contributed by atoms with Gasteiger partial charge >= 0.3 is 0 Å². The van der Waals surface area contributed by atoms with E-state index in [9.17, 15) is 19.8 Å². The Balaban J connectivity index is 2.11. The number of fused-ring (bicyclic) bond motifs is 1. The van der Waals surface area contributed by atoms with Gasteiger partial charge in [0.2, 0.25) is 11.7 Å². The third-order valence-corrected chi connectivity index (χ3v) is 5.19. The number of methoxy groups -OCH3 is 1. The van der Waals surface area contributed by atoms with Crippen LogP contribution in [0.25, 0.3) is 0 Å². The van der Waals surface area contributed by atoms with Gasteiger partial charge in [-0.05, 0) is 12.5 Å². The van der Waals surface area contributed by atoms with Crippen LogP contribution in [0.1, 0.15) is 36.8 Å². The van der Waals surface area contributed by atoms with Crippen molar-refractivity contribution in [2.45, 2.75) is 30.8 Å². The summed E-state index contributed by atoms with van der Waals surface area (Å²) in [6.07, 6.45) is 0.873. The molecular formula is C17H19N3O5S. The summed E-state index contributed by atoms with van der Waals surface area (Å²) in [6.45, 7) is 2.01. The van der Waals surface area contributed by atoms with Crippen molar-refractivity contribution in [2.75, 3.05) is 18.2 Å². The van der Waals surface area contributed by atoms with Crippen molar-refractivity contribution in [3.63, 3.8) is 0 Å². The predicted molar refractivity (Wildman–Crippen MR) is 97.3 cm³/mol. The lowest BCUT2D eigenvalue weighted by Crippen LogP contribution is -2.31. The summed E-state index contributed by atoms with van der Waals surface area (Å²) in [5.74, 6) is -0.824. The fourth-order valence-electron chi connectivity index (χ4n) is 2.91. The molecule has 1 unspecified atom stereocenters. The molecule has 1 aliphatic rings. The first-order valence-corrected chi connectivity index (χ1v) is 9.10. The maximum atomic E-state index is 12.6. The molecule has 138 valence electrons. The third kappa shape index (κ3) is 3.22. The second-order valence-electron chi connectivity index (χ2n) is 5.84. The van der Waals surface area contributed by atoms with E-state index in [0.717, 1.165) is 12.2 Å². The number of aromatic hydroxyl groups is 2. The second-order valence-corrected chi connectivity index (χ2v) is 6.92. The van der Waals surface area contributed by atoms with Crippen molar-refractivity contribution >= 4 is 23.5 Å². The van der Waals surface area contributed by atoms with Crippen LogP contribution in [-0.2, 0) is 4.79 Å². The number of benzene rings is 1. The van der Waals surface area contributed by atoms with E-state index >= 15 is 0 Å². The van der Waals surface area contributed by atoms with Gasteiger partial charge in [0, 0.05) is 23.7 Å². The Morgan fingerprint density at radius 3 is 2.77 bits per heavy atom. The average molecular weight is 377 g/mol. The first-order chi connectivity index (χ1) is 12.5.